The Balaban J connectivity index is 1.52. The van der Waals surface area contributed by atoms with Gasteiger partial charge in [0, 0.05) is 25.7 Å². The Kier molecular flexibility index (Phi) is 7.25. The molecule has 0 aliphatic heterocycles. The number of carbonyl (C=O) groups is 1. The van der Waals surface area contributed by atoms with Crippen molar-refractivity contribution in [1.82, 2.24) is 19.7 Å². The van der Waals surface area contributed by atoms with Gasteiger partial charge in [-0.25, -0.2) is 0 Å². The van der Waals surface area contributed by atoms with Gasteiger partial charge in [0.2, 0.25) is 5.91 Å². The third-order valence-corrected chi connectivity index (χ3v) is 6.61. The Bertz CT molecular complexity index is 1170. The van der Waals surface area contributed by atoms with Gasteiger partial charge in [-0.1, -0.05) is 96.2 Å². The van der Waals surface area contributed by atoms with Gasteiger partial charge in [0.05, 0.1) is 5.25 Å². The van der Waals surface area contributed by atoms with E-state index in [9.17, 15) is 4.79 Å². The fraction of sp³-hybridized carbons (Fsp3) is 0.222. The van der Waals surface area contributed by atoms with Gasteiger partial charge in [0.1, 0.15) is 0 Å². The molecule has 0 aliphatic carbocycles. The fourth-order valence-electron chi connectivity index (χ4n) is 3.74. The van der Waals surface area contributed by atoms with Crippen molar-refractivity contribution in [2.45, 2.75) is 37.3 Å². The molecule has 1 amide bonds. The van der Waals surface area contributed by atoms with Crippen LogP contribution in [0.5, 0.6) is 0 Å². The first-order chi connectivity index (χ1) is 16.0. The summed E-state index contributed by atoms with van der Waals surface area (Å²) in [5, 5.41) is 9.19. The molecule has 0 saturated carbocycles. The topological polar surface area (TPSA) is 51.0 Å². The third-order valence-electron chi connectivity index (χ3n) is 5.49. The van der Waals surface area contributed by atoms with Gasteiger partial charge in [0.25, 0.3) is 0 Å². The molecule has 0 radical (unpaired) electrons. The zero-order valence-electron chi connectivity index (χ0n) is 19.2. The first-order valence-electron chi connectivity index (χ1n) is 11.0. The quantitative estimate of drug-likeness (QED) is 0.329. The lowest BCUT2D eigenvalue weighted by molar-refractivity contribution is -0.131. The molecule has 0 fully saturated rings. The summed E-state index contributed by atoms with van der Waals surface area (Å²) in [6, 6.07) is 28.4. The molecular formula is C27H28N4OS. The standard InChI is InChI=1S/C27H28N4OS/c1-20-11-10-16-24(17-20)25-28-29-27(30(25)3)33-21(2)26(32)31(18-22-12-6-4-7-13-22)19-23-14-8-5-9-15-23/h4-17,21H,18-19H2,1-3H3. The largest absolute Gasteiger partial charge is 0.333 e. The predicted octanol–water partition coefficient (Wildman–Crippen LogP) is 5.50. The monoisotopic (exact) mass is 456 g/mol. The van der Waals surface area contributed by atoms with Gasteiger partial charge in [-0.3, -0.25) is 4.79 Å². The van der Waals surface area contributed by atoms with E-state index >= 15 is 0 Å². The average Bonchev–Trinajstić information content (AvgIpc) is 3.19. The Morgan fingerprint density at radius 3 is 2.09 bits per heavy atom. The number of carbonyl (C=O) groups excluding carboxylic acids is 1. The van der Waals surface area contributed by atoms with Crippen LogP contribution in [0.2, 0.25) is 0 Å². The van der Waals surface area contributed by atoms with Crippen molar-refractivity contribution in [2.75, 3.05) is 0 Å². The van der Waals surface area contributed by atoms with Crippen LogP contribution in [-0.4, -0.2) is 30.8 Å². The maximum Gasteiger partial charge on any atom is 0.236 e. The van der Waals surface area contributed by atoms with Gasteiger partial charge >= 0.3 is 0 Å². The molecule has 1 aromatic heterocycles. The van der Waals surface area contributed by atoms with Gasteiger partial charge in [-0.15, -0.1) is 10.2 Å². The van der Waals surface area contributed by atoms with Crippen LogP contribution >= 0.6 is 11.8 Å². The number of hydrogen-bond donors (Lipinski definition) is 0. The number of aromatic nitrogens is 3. The number of amides is 1. The summed E-state index contributed by atoms with van der Waals surface area (Å²) in [4.78, 5) is 15.5. The minimum absolute atomic E-state index is 0.0767. The Labute approximate surface area is 199 Å². The number of aryl methyl sites for hydroxylation is 1. The molecule has 0 saturated heterocycles. The molecule has 6 heteroatoms. The number of hydrogen-bond acceptors (Lipinski definition) is 4. The molecule has 4 rings (SSSR count). The molecule has 0 spiro atoms. The minimum Gasteiger partial charge on any atom is -0.333 e. The van der Waals surface area contributed by atoms with Gasteiger partial charge < -0.3 is 9.47 Å². The van der Waals surface area contributed by atoms with Crippen molar-refractivity contribution >= 4 is 17.7 Å². The summed E-state index contributed by atoms with van der Waals surface area (Å²) < 4.78 is 1.96. The number of rotatable bonds is 8. The highest BCUT2D eigenvalue weighted by Gasteiger charge is 2.24. The van der Waals surface area contributed by atoms with Crippen molar-refractivity contribution in [3.63, 3.8) is 0 Å². The van der Waals surface area contributed by atoms with E-state index in [-0.39, 0.29) is 11.2 Å². The normalized spacial score (nSPS) is 11.8. The highest BCUT2D eigenvalue weighted by molar-refractivity contribution is 8.00. The van der Waals surface area contributed by atoms with Gasteiger partial charge in [0.15, 0.2) is 11.0 Å². The second-order valence-corrected chi connectivity index (χ2v) is 9.47. The highest BCUT2D eigenvalue weighted by atomic mass is 32.2. The number of benzene rings is 3. The minimum atomic E-state index is -0.300. The maximum absolute atomic E-state index is 13.5. The Hall–Kier alpha value is -3.38. The van der Waals surface area contributed by atoms with Gasteiger partial charge in [-0.2, -0.15) is 0 Å². The summed E-state index contributed by atoms with van der Waals surface area (Å²) in [5.41, 5.74) is 4.41. The van der Waals surface area contributed by atoms with E-state index in [0.29, 0.717) is 13.1 Å². The molecule has 5 nitrogen and oxygen atoms in total. The Morgan fingerprint density at radius 1 is 0.909 bits per heavy atom. The van der Waals surface area contributed by atoms with Crippen molar-refractivity contribution in [2.24, 2.45) is 7.05 Å². The van der Waals surface area contributed by atoms with Crippen LogP contribution < -0.4 is 0 Å². The smallest absolute Gasteiger partial charge is 0.236 e. The molecule has 1 atom stereocenters. The summed E-state index contributed by atoms with van der Waals surface area (Å²) in [6.45, 7) is 5.13. The molecule has 168 valence electrons. The summed E-state index contributed by atoms with van der Waals surface area (Å²) in [7, 11) is 1.95. The lowest BCUT2D eigenvalue weighted by Gasteiger charge is -2.26. The number of thioether (sulfide) groups is 1. The molecule has 0 aliphatic rings. The van der Waals surface area contributed by atoms with E-state index in [0.717, 1.165) is 27.7 Å². The maximum atomic E-state index is 13.5. The molecule has 4 aromatic rings. The Morgan fingerprint density at radius 2 is 1.52 bits per heavy atom. The van der Waals surface area contributed by atoms with E-state index < -0.39 is 0 Å². The average molecular weight is 457 g/mol. The van der Waals surface area contributed by atoms with Crippen molar-refractivity contribution in [3.05, 3.63) is 102 Å². The first-order valence-corrected chi connectivity index (χ1v) is 11.9. The van der Waals surface area contributed by atoms with E-state index in [1.807, 2.05) is 72.0 Å². The summed E-state index contributed by atoms with van der Waals surface area (Å²) in [5.74, 6) is 0.874. The predicted molar refractivity (Wildman–Crippen MR) is 134 cm³/mol. The van der Waals surface area contributed by atoms with E-state index in [1.54, 1.807) is 0 Å². The zero-order valence-corrected chi connectivity index (χ0v) is 20.0. The van der Waals surface area contributed by atoms with Crippen molar-refractivity contribution in [1.29, 1.82) is 0 Å². The van der Waals surface area contributed by atoms with E-state index in [2.05, 4.69) is 53.5 Å². The summed E-state index contributed by atoms with van der Waals surface area (Å²) in [6.07, 6.45) is 0. The van der Waals surface area contributed by atoms with Crippen LogP contribution in [0.4, 0.5) is 0 Å². The zero-order chi connectivity index (χ0) is 23.2. The van der Waals surface area contributed by atoms with Crippen LogP contribution in [0.1, 0.15) is 23.6 Å². The molecular weight excluding hydrogens is 428 g/mol. The molecule has 1 heterocycles. The van der Waals surface area contributed by atoms with Crippen LogP contribution in [0.15, 0.2) is 90.1 Å². The molecule has 0 bridgehead atoms. The van der Waals surface area contributed by atoms with E-state index in [4.69, 9.17) is 0 Å². The third kappa shape index (κ3) is 5.71. The highest BCUT2D eigenvalue weighted by Crippen LogP contribution is 2.27. The lowest BCUT2D eigenvalue weighted by Crippen LogP contribution is -2.35. The second kappa shape index (κ2) is 10.5. The fourth-order valence-corrected chi connectivity index (χ4v) is 4.64. The molecule has 1 unspecified atom stereocenters. The van der Waals surface area contributed by atoms with Gasteiger partial charge in [-0.05, 0) is 31.0 Å². The van der Waals surface area contributed by atoms with Crippen molar-refractivity contribution in [3.8, 4) is 11.4 Å². The second-order valence-electron chi connectivity index (χ2n) is 8.16. The van der Waals surface area contributed by atoms with Crippen LogP contribution in [-0.2, 0) is 24.9 Å². The molecule has 3 aromatic carbocycles. The number of nitrogens with zero attached hydrogens (tertiary/aromatic N) is 4. The molecule has 0 N–H and O–H groups in total. The van der Waals surface area contributed by atoms with E-state index in [1.165, 1.54) is 17.3 Å². The lowest BCUT2D eigenvalue weighted by atomic mass is 10.1. The SMILES string of the molecule is Cc1cccc(-c2nnc(SC(C)C(=O)N(Cc3ccccc3)Cc3ccccc3)n2C)c1. The van der Waals surface area contributed by atoms with Crippen molar-refractivity contribution < 1.29 is 4.79 Å². The summed E-state index contributed by atoms with van der Waals surface area (Å²) >= 11 is 1.45. The van der Waals surface area contributed by atoms with Crippen LogP contribution in [0.3, 0.4) is 0 Å². The van der Waals surface area contributed by atoms with Crippen LogP contribution in [0, 0.1) is 6.92 Å². The first kappa shape index (κ1) is 22.8. The van der Waals surface area contributed by atoms with Crippen LogP contribution in [0.25, 0.3) is 11.4 Å². The molecule has 33 heavy (non-hydrogen) atoms.